The molecule has 2 N–H and O–H groups in total. The number of rotatable bonds is 10. The first-order chi connectivity index (χ1) is 16.7. The largest absolute Gasteiger partial charge is 0.504 e. The van der Waals surface area contributed by atoms with Gasteiger partial charge in [0.1, 0.15) is 0 Å². The lowest BCUT2D eigenvalue weighted by molar-refractivity contribution is -0.121. The first-order valence-electron chi connectivity index (χ1n) is 10.5. The lowest BCUT2D eigenvalue weighted by atomic mass is 10.2. The number of para-hydroxylation sites is 1. The van der Waals surface area contributed by atoms with Crippen molar-refractivity contribution in [1.82, 2.24) is 9.73 Å². The fourth-order valence-corrected chi connectivity index (χ4v) is 4.70. The van der Waals surface area contributed by atoms with Crippen LogP contribution in [0.25, 0.3) is 0 Å². The van der Waals surface area contributed by atoms with Gasteiger partial charge in [-0.05, 0) is 61.0 Å². The second-order valence-electron chi connectivity index (χ2n) is 7.27. The molecular formula is C24H23Cl2N3O5S. The predicted molar refractivity (Wildman–Crippen MR) is 136 cm³/mol. The molecule has 0 fully saturated rings. The van der Waals surface area contributed by atoms with Crippen LogP contribution >= 0.6 is 23.2 Å². The average molecular weight is 536 g/mol. The lowest BCUT2D eigenvalue weighted by Gasteiger charge is -2.21. The summed E-state index contributed by atoms with van der Waals surface area (Å²) < 4.78 is 32.9. The number of amides is 1. The Hall–Kier alpha value is -3.11. The summed E-state index contributed by atoms with van der Waals surface area (Å²) in [6.07, 6.45) is 1.24. The zero-order valence-corrected chi connectivity index (χ0v) is 21.0. The molecule has 8 nitrogen and oxygen atoms in total. The summed E-state index contributed by atoms with van der Waals surface area (Å²) in [6, 6.07) is 17.1. The summed E-state index contributed by atoms with van der Waals surface area (Å²) in [6.45, 7) is 1.58. The Labute approximate surface area is 213 Å². The molecule has 0 atom stereocenters. The fourth-order valence-electron chi connectivity index (χ4n) is 3.06. The van der Waals surface area contributed by atoms with Crippen molar-refractivity contribution in [1.29, 1.82) is 0 Å². The molecule has 0 unspecified atom stereocenters. The molecule has 11 heteroatoms. The molecule has 0 aliphatic rings. The van der Waals surface area contributed by atoms with Crippen LogP contribution in [0.5, 0.6) is 11.5 Å². The highest BCUT2D eigenvalue weighted by Gasteiger charge is 2.27. The zero-order chi connectivity index (χ0) is 25.4. The van der Waals surface area contributed by atoms with Crippen molar-refractivity contribution in [3.8, 4) is 11.5 Å². The summed E-state index contributed by atoms with van der Waals surface area (Å²) in [5.41, 5.74) is 3.26. The van der Waals surface area contributed by atoms with Gasteiger partial charge in [0.25, 0.3) is 5.91 Å². The number of hydrogen-bond acceptors (Lipinski definition) is 6. The van der Waals surface area contributed by atoms with Crippen molar-refractivity contribution in [2.75, 3.05) is 13.2 Å². The average Bonchev–Trinajstić information content (AvgIpc) is 2.83. The Balaban J connectivity index is 1.78. The highest BCUT2D eigenvalue weighted by Crippen LogP contribution is 2.28. The van der Waals surface area contributed by atoms with E-state index in [-0.39, 0.29) is 22.9 Å². The number of nitrogens with one attached hydrogen (secondary N) is 1. The quantitative estimate of drug-likeness (QED) is 0.294. The van der Waals surface area contributed by atoms with Crippen molar-refractivity contribution in [2.45, 2.75) is 18.4 Å². The molecule has 0 spiro atoms. The summed E-state index contributed by atoms with van der Waals surface area (Å²) in [5.74, 6) is -0.513. The van der Waals surface area contributed by atoms with Gasteiger partial charge >= 0.3 is 0 Å². The number of ether oxygens (including phenoxy) is 1. The molecule has 3 aromatic carbocycles. The van der Waals surface area contributed by atoms with Gasteiger partial charge in [0.2, 0.25) is 10.0 Å². The maximum atomic E-state index is 13.3. The van der Waals surface area contributed by atoms with Crippen LogP contribution < -0.4 is 10.2 Å². The van der Waals surface area contributed by atoms with Gasteiger partial charge in [-0.1, -0.05) is 41.4 Å². The number of sulfonamides is 1. The summed E-state index contributed by atoms with van der Waals surface area (Å²) in [4.78, 5) is 12.6. The molecule has 184 valence electrons. The van der Waals surface area contributed by atoms with E-state index in [0.717, 1.165) is 4.31 Å². The zero-order valence-electron chi connectivity index (χ0n) is 18.7. The smallest absolute Gasteiger partial charge is 0.255 e. The second kappa shape index (κ2) is 12.0. The Morgan fingerprint density at radius 1 is 1.06 bits per heavy atom. The van der Waals surface area contributed by atoms with E-state index in [4.69, 9.17) is 27.9 Å². The summed E-state index contributed by atoms with van der Waals surface area (Å²) in [7, 11) is -4.04. The number of hydrazone groups is 1. The topological polar surface area (TPSA) is 108 Å². The maximum Gasteiger partial charge on any atom is 0.255 e. The number of benzene rings is 3. The molecule has 0 aliphatic heterocycles. The van der Waals surface area contributed by atoms with Crippen molar-refractivity contribution in [3.63, 3.8) is 0 Å². The highest BCUT2D eigenvalue weighted by atomic mass is 35.5. The van der Waals surface area contributed by atoms with E-state index in [1.54, 1.807) is 49.4 Å². The van der Waals surface area contributed by atoms with E-state index >= 15 is 0 Å². The highest BCUT2D eigenvalue weighted by molar-refractivity contribution is 7.89. The first kappa shape index (κ1) is 26.5. The minimum absolute atomic E-state index is 0.00942. The van der Waals surface area contributed by atoms with Crippen LogP contribution in [0.4, 0.5) is 0 Å². The van der Waals surface area contributed by atoms with Crippen molar-refractivity contribution in [3.05, 3.63) is 87.9 Å². The third-order valence-corrected chi connectivity index (χ3v) is 7.08. The van der Waals surface area contributed by atoms with Gasteiger partial charge in [-0.25, -0.2) is 13.8 Å². The first-order valence-corrected chi connectivity index (χ1v) is 12.7. The Morgan fingerprint density at radius 2 is 1.69 bits per heavy atom. The van der Waals surface area contributed by atoms with Gasteiger partial charge in [-0.3, -0.25) is 4.79 Å². The summed E-state index contributed by atoms with van der Waals surface area (Å²) in [5, 5.41) is 15.0. The molecular weight excluding hydrogens is 513 g/mol. The minimum atomic E-state index is -4.04. The SMILES string of the molecule is CCOc1cccc(/C=N\NC(=O)CN(Cc2ccc(Cl)cc2)S(=O)(=O)c2ccc(Cl)cc2)c1O. The molecule has 3 aromatic rings. The Bertz CT molecular complexity index is 1300. The van der Waals surface area contributed by atoms with Crippen LogP contribution in [0.1, 0.15) is 18.1 Å². The molecule has 0 aliphatic carbocycles. The standard InChI is InChI=1S/C24H23Cl2N3O5S/c1-2-34-22-5-3-4-18(24(22)31)14-27-28-23(30)16-29(15-17-6-8-19(25)9-7-17)35(32,33)21-12-10-20(26)11-13-21/h3-14,31H,2,15-16H2,1H3,(H,28,30)/b27-14-. The number of phenols is 1. The number of carbonyl (C=O) groups is 1. The molecule has 0 bridgehead atoms. The van der Waals surface area contributed by atoms with Crippen LogP contribution in [0, 0.1) is 0 Å². The molecule has 35 heavy (non-hydrogen) atoms. The number of nitrogens with zero attached hydrogens (tertiary/aromatic N) is 2. The van der Waals surface area contributed by atoms with Crippen LogP contribution in [0.15, 0.2) is 76.7 Å². The van der Waals surface area contributed by atoms with Gasteiger partial charge in [0.15, 0.2) is 11.5 Å². The molecule has 0 radical (unpaired) electrons. The van der Waals surface area contributed by atoms with E-state index in [1.165, 1.54) is 30.5 Å². The molecule has 0 saturated heterocycles. The number of hydrogen-bond donors (Lipinski definition) is 2. The minimum Gasteiger partial charge on any atom is -0.504 e. The van der Waals surface area contributed by atoms with Crippen LogP contribution in [-0.4, -0.2) is 43.1 Å². The van der Waals surface area contributed by atoms with Gasteiger partial charge < -0.3 is 9.84 Å². The normalized spacial score (nSPS) is 11.7. The third-order valence-electron chi connectivity index (χ3n) is 4.77. The van der Waals surface area contributed by atoms with E-state index < -0.39 is 22.5 Å². The Kier molecular flexibility index (Phi) is 9.11. The molecule has 3 rings (SSSR count). The molecule has 1 amide bonds. The Morgan fingerprint density at radius 3 is 2.31 bits per heavy atom. The number of halogens is 2. The number of aromatic hydroxyl groups is 1. The van der Waals surface area contributed by atoms with Crippen LogP contribution in [0.3, 0.4) is 0 Å². The van der Waals surface area contributed by atoms with Gasteiger partial charge in [0.05, 0.1) is 24.3 Å². The van der Waals surface area contributed by atoms with E-state index in [9.17, 15) is 18.3 Å². The van der Waals surface area contributed by atoms with Gasteiger partial charge in [-0.2, -0.15) is 9.41 Å². The third kappa shape index (κ3) is 7.19. The van der Waals surface area contributed by atoms with Gasteiger partial charge in [0, 0.05) is 22.2 Å². The van der Waals surface area contributed by atoms with Crippen molar-refractivity contribution in [2.24, 2.45) is 5.10 Å². The second-order valence-corrected chi connectivity index (χ2v) is 10.1. The fraction of sp³-hybridized carbons (Fsp3) is 0.167. The number of phenolic OH excluding ortho intramolecular Hbond substituents is 1. The van der Waals surface area contributed by atoms with Crippen molar-refractivity contribution < 1.29 is 23.1 Å². The van der Waals surface area contributed by atoms with Crippen molar-refractivity contribution >= 4 is 45.3 Å². The molecule has 0 heterocycles. The maximum absolute atomic E-state index is 13.3. The van der Waals surface area contributed by atoms with Crippen LogP contribution in [-0.2, 0) is 21.4 Å². The summed E-state index contributed by atoms with van der Waals surface area (Å²) >= 11 is 11.8. The van der Waals surface area contributed by atoms with E-state index in [2.05, 4.69) is 10.5 Å². The lowest BCUT2D eigenvalue weighted by Crippen LogP contribution is -2.39. The van der Waals surface area contributed by atoms with Gasteiger partial charge in [-0.15, -0.1) is 0 Å². The number of carbonyl (C=O) groups excluding carboxylic acids is 1. The molecule has 0 saturated carbocycles. The molecule has 0 aromatic heterocycles. The van der Waals surface area contributed by atoms with E-state index in [0.29, 0.717) is 27.8 Å². The van der Waals surface area contributed by atoms with E-state index in [1.807, 2.05) is 0 Å². The van der Waals surface area contributed by atoms with Crippen LogP contribution in [0.2, 0.25) is 10.0 Å². The predicted octanol–water partition coefficient (Wildman–Crippen LogP) is 4.44. The monoisotopic (exact) mass is 535 g/mol.